The van der Waals surface area contributed by atoms with Crippen molar-refractivity contribution in [3.8, 4) is 0 Å². The fraction of sp³-hybridized carbons (Fsp3) is 0. The number of fused-ring (bicyclic) bond motifs is 12. The molecule has 3 heterocycles. The van der Waals surface area contributed by atoms with Gasteiger partial charge in [-0.3, -0.25) is 0 Å². The highest BCUT2D eigenvalue weighted by molar-refractivity contribution is 6.27. The number of hydrogen-bond donors (Lipinski definition) is 0. The Kier molecular flexibility index (Phi) is 2.52. The molecule has 28 heavy (non-hydrogen) atoms. The SMILES string of the molecule is c1ccc2c(c1)cn1c2c2ccccc2c2ccc3oc4ccccc4c3c21. The standard InChI is InChI=1S/C26H15NO/c1-2-8-17-16(7-1)15-27-25(17)19-10-4-3-9-18(19)20-13-14-23-24(26(20)27)21-11-5-6-12-22(21)28-23/h1-15H. The van der Waals surface area contributed by atoms with E-state index in [-0.39, 0.29) is 0 Å². The van der Waals surface area contributed by atoms with Crippen LogP contribution in [0.5, 0.6) is 0 Å². The first-order chi connectivity index (χ1) is 13.9. The summed E-state index contributed by atoms with van der Waals surface area (Å²) in [6, 6.07) is 30.0. The second-order valence-electron chi connectivity index (χ2n) is 7.41. The van der Waals surface area contributed by atoms with Crippen molar-refractivity contribution in [3.05, 3.63) is 91.1 Å². The molecule has 0 bridgehead atoms. The van der Waals surface area contributed by atoms with Crippen molar-refractivity contribution < 1.29 is 4.42 Å². The lowest BCUT2D eigenvalue weighted by Crippen LogP contribution is -1.90. The van der Waals surface area contributed by atoms with E-state index in [4.69, 9.17) is 4.42 Å². The summed E-state index contributed by atoms with van der Waals surface area (Å²) in [5.74, 6) is 0. The summed E-state index contributed by atoms with van der Waals surface area (Å²) >= 11 is 0. The molecule has 0 saturated heterocycles. The first-order valence-electron chi connectivity index (χ1n) is 9.55. The number of aromatic nitrogens is 1. The molecule has 7 rings (SSSR count). The zero-order chi connectivity index (χ0) is 18.2. The van der Waals surface area contributed by atoms with Gasteiger partial charge < -0.3 is 8.82 Å². The van der Waals surface area contributed by atoms with Crippen LogP contribution in [-0.2, 0) is 0 Å². The summed E-state index contributed by atoms with van der Waals surface area (Å²) in [6.45, 7) is 0. The summed E-state index contributed by atoms with van der Waals surface area (Å²) in [5, 5.41) is 8.70. The fourth-order valence-electron chi connectivity index (χ4n) is 4.80. The number of benzene rings is 4. The highest BCUT2D eigenvalue weighted by Gasteiger charge is 2.17. The second-order valence-corrected chi connectivity index (χ2v) is 7.41. The predicted molar refractivity (Wildman–Crippen MR) is 117 cm³/mol. The van der Waals surface area contributed by atoms with Crippen molar-refractivity contribution in [2.45, 2.75) is 0 Å². The first kappa shape index (κ1) is 14.3. The zero-order valence-corrected chi connectivity index (χ0v) is 15.0. The maximum atomic E-state index is 6.18. The van der Waals surface area contributed by atoms with Crippen molar-refractivity contribution in [3.63, 3.8) is 0 Å². The van der Waals surface area contributed by atoms with E-state index in [1.807, 2.05) is 12.1 Å². The van der Waals surface area contributed by atoms with Gasteiger partial charge in [0.2, 0.25) is 0 Å². The van der Waals surface area contributed by atoms with E-state index in [1.165, 1.54) is 43.4 Å². The van der Waals surface area contributed by atoms with Gasteiger partial charge in [0.05, 0.1) is 16.4 Å². The Balaban J connectivity index is 1.93. The van der Waals surface area contributed by atoms with Gasteiger partial charge in [0.25, 0.3) is 0 Å². The van der Waals surface area contributed by atoms with E-state index in [2.05, 4.69) is 83.4 Å². The van der Waals surface area contributed by atoms with Crippen molar-refractivity contribution in [1.82, 2.24) is 4.40 Å². The molecule has 0 aliphatic rings. The lowest BCUT2D eigenvalue weighted by Gasteiger charge is -2.10. The number of para-hydroxylation sites is 1. The zero-order valence-electron chi connectivity index (χ0n) is 15.0. The minimum Gasteiger partial charge on any atom is -0.456 e. The van der Waals surface area contributed by atoms with Crippen molar-refractivity contribution in [2.75, 3.05) is 0 Å². The third kappa shape index (κ3) is 1.64. The molecule has 0 amide bonds. The molecular formula is C26H15NO. The van der Waals surface area contributed by atoms with Crippen LogP contribution in [0.4, 0.5) is 0 Å². The third-order valence-corrected chi connectivity index (χ3v) is 5.95. The van der Waals surface area contributed by atoms with E-state index in [9.17, 15) is 0 Å². The topological polar surface area (TPSA) is 17.6 Å². The van der Waals surface area contributed by atoms with Crippen LogP contribution in [0.3, 0.4) is 0 Å². The minimum atomic E-state index is 0.933. The van der Waals surface area contributed by atoms with Gasteiger partial charge in [-0.05, 0) is 23.6 Å². The van der Waals surface area contributed by atoms with E-state index in [0.29, 0.717) is 0 Å². The molecular weight excluding hydrogens is 342 g/mol. The van der Waals surface area contributed by atoms with E-state index in [0.717, 1.165) is 16.6 Å². The molecule has 0 aliphatic carbocycles. The maximum Gasteiger partial charge on any atom is 0.137 e. The van der Waals surface area contributed by atoms with Crippen LogP contribution in [0, 0.1) is 0 Å². The number of pyridine rings is 1. The van der Waals surface area contributed by atoms with Gasteiger partial charge in [-0.25, -0.2) is 0 Å². The van der Waals surface area contributed by atoms with Crippen molar-refractivity contribution in [1.29, 1.82) is 0 Å². The molecule has 0 atom stereocenters. The van der Waals surface area contributed by atoms with Crippen LogP contribution < -0.4 is 0 Å². The Hall–Kier alpha value is -3.78. The summed E-state index contributed by atoms with van der Waals surface area (Å²) < 4.78 is 8.55. The van der Waals surface area contributed by atoms with Gasteiger partial charge >= 0.3 is 0 Å². The van der Waals surface area contributed by atoms with Crippen LogP contribution in [-0.4, -0.2) is 4.40 Å². The van der Waals surface area contributed by atoms with Crippen molar-refractivity contribution >= 4 is 59.9 Å². The van der Waals surface area contributed by atoms with Gasteiger partial charge in [0.15, 0.2) is 0 Å². The average molecular weight is 357 g/mol. The van der Waals surface area contributed by atoms with Gasteiger partial charge in [-0.2, -0.15) is 0 Å². The number of rotatable bonds is 0. The molecule has 4 aromatic carbocycles. The van der Waals surface area contributed by atoms with E-state index < -0.39 is 0 Å². The lowest BCUT2D eigenvalue weighted by atomic mass is 10.0. The normalized spacial score (nSPS) is 12.3. The minimum absolute atomic E-state index is 0.933. The highest BCUT2D eigenvalue weighted by atomic mass is 16.3. The van der Waals surface area contributed by atoms with Crippen LogP contribution in [0.2, 0.25) is 0 Å². The summed E-state index contributed by atoms with van der Waals surface area (Å²) in [6.07, 6.45) is 2.26. The maximum absolute atomic E-state index is 6.18. The Morgan fingerprint density at radius 3 is 2.07 bits per heavy atom. The molecule has 0 fully saturated rings. The molecule has 0 saturated carbocycles. The predicted octanol–water partition coefficient (Wildman–Crippen LogP) is 7.30. The van der Waals surface area contributed by atoms with Crippen molar-refractivity contribution in [2.24, 2.45) is 0 Å². The molecule has 7 aromatic rings. The quantitative estimate of drug-likeness (QED) is 0.260. The summed E-state index contributed by atoms with van der Waals surface area (Å²) in [7, 11) is 0. The molecule has 3 aromatic heterocycles. The van der Waals surface area contributed by atoms with Gasteiger partial charge in [-0.1, -0.05) is 66.7 Å². The Labute approximate surface area is 160 Å². The molecule has 0 spiro atoms. The van der Waals surface area contributed by atoms with Crippen LogP contribution in [0.1, 0.15) is 0 Å². The fourth-order valence-corrected chi connectivity index (χ4v) is 4.80. The second kappa shape index (κ2) is 4.93. The van der Waals surface area contributed by atoms with Crippen LogP contribution >= 0.6 is 0 Å². The largest absolute Gasteiger partial charge is 0.456 e. The van der Waals surface area contributed by atoms with E-state index in [1.54, 1.807) is 0 Å². The number of furan rings is 1. The van der Waals surface area contributed by atoms with E-state index >= 15 is 0 Å². The van der Waals surface area contributed by atoms with Gasteiger partial charge in [-0.15, -0.1) is 0 Å². The lowest BCUT2D eigenvalue weighted by molar-refractivity contribution is 0.669. The summed E-state index contributed by atoms with van der Waals surface area (Å²) in [5.41, 5.74) is 4.34. The van der Waals surface area contributed by atoms with Crippen LogP contribution in [0.25, 0.3) is 59.9 Å². The summed E-state index contributed by atoms with van der Waals surface area (Å²) in [4.78, 5) is 0. The molecule has 0 radical (unpaired) electrons. The first-order valence-corrected chi connectivity index (χ1v) is 9.55. The Bertz CT molecular complexity index is 1720. The molecule has 2 nitrogen and oxygen atoms in total. The Morgan fingerprint density at radius 2 is 1.18 bits per heavy atom. The molecule has 130 valence electrons. The molecule has 2 heteroatoms. The molecule has 0 aliphatic heterocycles. The molecule has 0 unspecified atom stereocenters. The smallest absolute Gasteiger partial charge is 0.137 e. The number of hydrogen-bond acceptors (Lipinski definition) is 1. The van der Waals surface area contributed by atoms with Gasteiger partial charge in [0.1, 0.15) is 11.2 Å². The van der Waals surface area contributed by atoms with Gasteiger partial charge in [0, 0.05) is 33.1 Å². The Morgan fingerprint density at radius 1 is 0.500 bits per heavy atom. The third-order valence-electron chi connectivity index (χ3n) is 5.95. The highest BCUT2D eigenvalue weighted by Crippen LogP contribution is 2.40. The molecule has 0 N–H and O–H groups in total. The monoisotopic (exact) mass is 357 g/mol. The van der Waals surface area contributed by atoms with Crippen LogP contribution in [0.15, 0.2) is 95.5 Å². The average Bonchev–Trinajstić information content (AvgIpc) is 3.32. The number of nitrogens with zero attached hydrogens (tertiary/aromatic N) is 1.